The standard InChI is InChI=1S/C15H29N3O2/c1-12(2)17-15(20)11-18(10-14(16)19)9-8-13-6-4-3-5-7-13/h12-13H,3-11H2,1-2H3,(H2,16,19)(H,17,20). The maximum Gasteiger partial charge on any atom is 0.234 e. The van der Waals surface area contributed by atoms with Crippen molar-refractivity contribution >= 4 is 11.8 Å². The normalized spacial score (nSPS) is 16.6. The first-order chi connectivity index (χ1) is 9.47. The van der Waals surface area contributed by atoms with E-state index in [0.717, 1.165) is 18.9 Å². The Labute approximate surface area is 122 Å². The van der Waals surface area contributed by atoms with Gasteiger partial charge in [-0.3, -0.25) is 14.5 Å². The highest BCUT2D eigenvalue weighted by Gasteiger charge is 2.18. The summed E-state index contributed by atoms with van der Waals surface area (Å²) in [5.41, 5.74) is 5.27. The fourth-order valence-corrected chi connectivity index (χ4v) is 2.85. The SMILES string of the molecule is CC(C)NC(=O)CN(CCC1CCCCC1)CC(N)=O. The molecule has 0 atom stereocenters. The van der Waals surface area contributed by atoms with Gasteiger partial charge < -0.3 is 11.1 Å². The summed E-state index contributed by atoms with van der Waals surface area (Å²) in [5, 5.41) is 2.85. The van der Waals surface area contributed by atoms with Gasteiger partial charge in [0.05, 0.1) is 13.1 Å². The molecule has 0 aromatic heterocycles. The Morgan fingerprint density at radius 3 is 2.40 bits per heavy atom. The van der Waals surface area contributed by atoms with E-state index in [2.05, 4.69) is 5.32 Å². The zero-order valence-electron chi connectivity index (χ0n) is 12.9. The van der Waals surface area contributed by atoms with Crippen LogP contribution in [-0.4, -0.2) is 42.4 Å². The van der Waals surface area contributed by atoms with Crippen molar-refractivity contribution in [3.63, 3.8) is 0 Å². The summed E-state index contributed by atoms with van der Waals surface area (Å²) in [6.45, 7) is 5.06. The number of primary amides is 1. The van der Waals surface area contributed by atoms with E-state index in [0.29, 0.717) is 0 Å². The minimum atomic E-state index is -0.369. The van der Waals surface area contributed by atoms with E-state index < -0.39 is 0 Å². The third-order valence-corrected chi connectivity index (χ3v) is 3.77. The number of carbonyl (C=O) groups is 2. The van der Waals surface area contributed by atoms with Crippen LogP contribution in [0.1, 0.15) is 52.4 Å². The van der Waals surface area contributed by atoms with Crippen molar-refractivity contribution < 1.29 is 9.59 Å². The molecule has 0 heterocycles. The molecule has 2 amide bonds. The van der Waals surface area contributed by atoms with Gasteiger partial charge in [0.15, 0.2) is 0 Å². The highest BCUT2D eigenvalue weighted by atomic mass is 16.2. The van der Waals surface area contributed by atoms with Gasteiger partial charge in [0.2, 0.25) is 11.8 Å². The molecule has 0 aromatic carbocycles. The fraction of sp³-hybridized carbons (Fsp3) is 0.867. The number of amides is 2. The van der Waals surface area contributed by atoms with Crippen LogP contribution >= 0.6 is 0 Å². The molecule has 1 aliphatic rings. The summed E-state index contributed by atoms with van der Waals surface area (Å²) in [5.74, 6) is 0.336. The molecule has 0 spiro atoms. The van der Waals surface area contributed by atoms with E-state index in [-0.39, 0.29) is 30.9 Å². The lowest BCUT2D eigenvalue weighted by Gasteiger charge is -2.26. The van der Waals surface area contributed by atoms with Crippen molar-refractivity contribution in [2.45, 2.75) is 58.4 Å². The molecular weight excluding hydrogens is 254 g/mol. The molecule has 1 rings (SSSR count). The van der Waals surface area contributed by atoms with Crippen LogP contribution in [0.25, 0.3) is 0 Å². The highest BCUT2D eigenvalue weighted by Crippen LogP contribution is 2.26. The van der Waals surface area contributed by atoms with Crippen molar-refractivity contribution in [3.05, 3.63) is 0 Å². The summed E-state index contributed by atoms with van der Waals surface area (Å²) in [4.78, 5) is 24.8. The van der Waals surface area contributed by atoms with Crippen LogP contribution in [0.4, 0.5) is 0 Å². The Morgan fingerprint density at radius 2 is 1.85 bits per heavy atom. The number of nitrogens with one attached hydrogen (secondary N) is 1. The van der Waals surface area contributed by atoms with Gasteiger partial charge in [0.1, 0.15) is 0 Å². The quantitative estimate of drug-likeness (QED) is 0.704. The summed E-state index contributed by atoms with van der Waals surface area (Å²) in [6.07, 6.45) is 7.59. The lowest BCUT2D eigenvalue weighted by molar-refractivity contribution is -0.124. The second-order valence-corrected chi connectivity index (χ2v) is 6.19. The molecule has 0 bridgehead atoms. The third-order valence-electron chi connectivity index (χ3n) is 3.77. The summed E-state index contributed by atoms with van der Waals surface area (Å²) >= 11 is 0. The van der Waals surface area contributed by atoms with Crippen molar-refractivity contribution in [1.82, 2.24) is 10.2 Å². The van der Waals surface area contributed by atoms with E-state index in [1.54, 1.807) is 0 Å². The molecular formula is C15H29N3O2. The van der Waals surface area contributed by atoms with Gasteiger partial charge in [0, 0.05) is 6.04 Å². The van der Waals surface area contributed by atoms with Gasteiger partial charge in [-0.1, -0.05) is 32.1 Å². The largest absolute Gasteiger partial charge is 0.369 e. The molecule has 5 nitrogen and oxygen atoms in total. The van der Waals surface area contributed by atoms with E-state index in [1.807, 2.05) is 18.7 Å². The number of hydrogen-bond donors (Lipinski definition) is 2. The van der Waals surface area contributed by atoms with Crippen LogP contribution in [0.5, 0.6) is 0 Å². The summed E-state index contributed by atoms with van der Waals surface area (Å²) in [6, 6.07) is 0.122. The monoisotopic (exact) mass is 283 g/mol. The Hall–Kier alpha value is -1.10. The fourth-order valence-electron chi connectivity index (χ4n) is 2.85. The Kier molecular flexibility index (Phi) is 7.59. The summed E-state index contributed by atoms with van der Waals surface area (Å²) < 4.78 is 0. The number of nitrogens with zero attached hydrogens (tertiary/aromatic N) is 1. The minimum Gasteiger partial charge on any atom is -0.369 e. The van der Waals surface area contributed by atoms with Crippen LogP contribution in [-0.2, 0) is 9.59 Å². The average molecular weight is 283 g/mol. The molecule has 0 unspecified atom stereocenters. The lowest BCUT2D eigenvalue weighted by atomic mass is 9.87. The predicted molar refractivity (Wildman–Crippen MR) is 80.1 cm³/mol. The molecule has 1 aliphatic carbocycles. The molecule has 20 heavy (non-hydrogen) atoms. The number of hydrogen-bond acceptors (Lipinski definition) is 3. The zero-order valence-corrected chi connectivity index (χ0v) is 12.9. The molecule has 1 fully saturated rings. The molecule has 0 aliphatic heterocycles. The first-order valence-electron chi connectivity index (χ1n) is 7.77. The van der Waals surface area contributed by atoms with Crippen LogP contribution in [0.15, 0.2) is 0 Å². The molecule has 3 N–H and O–H groups in total. The Morgan fingerprint density at radius 1 is 1.20 bits per heavy atom. The van der Waals surface area contributed by atoms with Crippen LogP contribution in [0, 0.1) is 5.92 Å². The second kappa shape index (κ2) is 8.95. The van der Waals surface area contributed by atoms with Gasteiger partial charge in [-0.2, -0.15) is 0 Å². The zero-order chi connectivity index (χ0) is 15.0. The van der Waals surface area contributed by atoms with Crippen molar-refractivity contribution in [3.8, 4) is 0 Å². The van der Waals surface area contributed by atoms with E-state index >= 15 is 0 Å². The topological polar surface area (TPSA) is 75.4 Å². The third kappa shape index (κ3) is 7.48. The van der Waals surface area contributed by atoms with E-state index in [9.17, 15) is 9.59 Å². The first kappa shape index (κ1) is 17.0. The highest BCUT2D eigenvalue weighted by molar-refractivity contribution is 5.80. The van der Waals surface area contributed by atoms with Gasteiger partial charge >= 0.3 is 0 Å². The predicted octanol–water partition coefficient (Wildman–Crippen LogP) is 1.27. The maximum atomic E-state index is 11.8. The van der Waals surface area contributed by atoms with Gasteiger partial charge in [-0.05, 0) is 32.7 Å². The number of carbonyl (C=O) groups excluding carboxylic acids is 2. The second-order valence-electron chi connectivity index (χ2n) is 6.19. The first-order valence-corrected chi connectivity index (χ1v) is 7.77. The Balaban J connectivity index is 2.37. The molecule has 5 heteroatoms. The van der Waals surface area contributed by atoms with E-state index in [4.69, 9.17) is 5.73 Å². The Bertz CT molecular complexity index is 312. The molecule has 0 saturated heterocycles. The maximum absolute atomic E-state index is 11.8. The van der Waals surface area contributed by atoms with Crippen LogP contribution in [0.3, 0.4) is 0 Å². The van der Waals surface area contributed by atoms with Crippen LogP contribution < -0.4 is 11.1 Å². The molecule has 0 radical (unpaired) electrons. The van der Waals surface area contributed by atoms with E-state index in [1.165, 1.54) is 32.1 Å². The van der Waals surface area contributed by atoms with Gasteiger partial charge in [0.25, 0.3) is 0 Å². The molecule has 1 saturated carbocycles. The van der Waals surface area contributed by atoms with Crippen molar-refractivity contribution in [2.75, 3.05) is 19.6 Å². The minimum absolute atomic E-state index is 0.0371. The smallest absolute Gasteiger partial charge is 0.234 e. The number of rotatable bonds is 8. The van der Waals surface area contributed by atoms with Crippen molar-refractivity contribution in [2.24, 2.45) is 11.7 Å². The van der Waals surface area contributed by atoms with Crippen LogP contribution in [0.2, 0.25) is 0 Å². The van der Waals surface area contributed by atoms with Gasteiger partial charge in [-0.25, -0.2) is 0 Å². The molecule has 116 valence electrons. The van der Waals surface area contributed by atoms with Gasteiger partial charge in [-0.15, -0.1) is 0 Å². The van der Waals surface area contributed by atoms with Crippen molar-refractivity contribution in [1.29, 1.82) is 0 Å². The average Bonchev–Trinajstić information content (AvgIpc) is 2.35. The lowest BCUT2D eigenvalue weighted by Crippen LogP contribution is -2.43. The molecule has 0 aromatic rings. The summed E-state index contributed by atoms with van der Waals surface area (Å²) in [7, 11) is 0. The number of nitrogens with two attached hydrogens (primary N) is 1.